The van der Waals surface area contributed by atoms with Gasteiger partial charge in [-0.05, 0) is 26.0 Å². The zero-order chi connectivity index (χ0) is 13.5. The second-order valence-electron chi connectivity index (χ2n) is 4.20. The van der Waals surface area contributed by atoms with E-state index in [-0.39, 0.29) is 43.1 Å². The van der Waals surface area contributed by atoms with Gasteiger partial charge in [-0.2, -0.15) is 0 Å². The number of hydrogen-bond acceptors (Lipinski definition) is 4. The lowest BCUT2D eigenvalue weighted by Crippen LogP contribution is -2.34. The largest absolute Gasteiger partial charge is 0.455 e. The van der Waals surface area contributed by atoms with Crippen LogP contribution in [0.4, 0.5) is 0 Å². The Bertz CT molecular complexity index is 412. The number of carbonyl (C=O) groups is 2. The smallest absolute Gasteiger partial charge is 0.287 e. The van der Waals surface area contributed by atoms with Gasteiger partial charge in [-0.1, -0.05) is 0 Å². The molecule has 0 spiro atoms. The second-order valence-corrected chi connectivity index (χ2v) is 4.20. The standard InChI is InChI=1S/C12H19N3O3/c1-8(2)15-11(16)5-6-14-12(17)10-4-3-9(7-13)18-10/h3-4,8H,5-7,13H2,1-2H3,(H,14,17)(H,15,16). The summed E-state index contributed by atoms with van der Waals surface area (Å²) >= 11 is 0. The van der Waals surface area contributed by atoms with Gasteiger partial charge >= 0.3 is 0 Å². The molecule has 0 aliphatic heterocycles. The summed E-state index contributed by atoms with van der Waals surface area (Å²) in [4.78, 5) is 22.9. The summed E-state index contributed by atoms with van der Waals surface area (Å²) in [5, 5.41) is 5.35. The summed E-state index contributed by atoms with van der Waals surface area (Å²) in [7, 11) is 0. The van der Waals surface area contributed by atoms with Gasteiger partial charge in [-0.25, -0.2) is 0 Å². The molecule has 0 aliphatic carbocycles. The molecule has 0 bridgehead atoms. The Labute approximate surface area is 106 Å². The SMILES string of the molecule is CC(C)NC(=O)CCNC(=O)c1ccc(CN)o1. The van der Waals surface area contributed by atoms with Crippen molar-refractivity contribution >= 4 is 11.8 Å². The van der Waals surface area contributed by atoms with E-state index in [2.05, 4.69) is 10.6 Å². The molecule has 1 rings (SSSR count). The van der Waals surface area contributed by atoms with Gasteiger partial charge in [0, 0.05) is 19.0 Å². The van der Waals surface area contributed by atoms with Crippen molar-refractivity contribution in [3.8, 4) is 0 Å². The molecule has 0 unspecified atom stereocenters. The first kappa shape index (κ1) is 14.2. The van der Waals surface area contributed by atoms with Crippen LogP contribution in [0.2, 0.25) is 0 Å². The summed E-state index contributed by atoms with van der Waals surface area (Å²) in [6, 6.07) is 3.32. The number of nitrogens with two attached hydrogens (primary N) is 1. The molecule has 6 nitrogen and oxygen atoms in total. The molecule has 0 fully saturated rings. The van der Waals surface area contributed by atoms with E-state index < -0.39 is 0 Å². The van der Waals surface area contributed by atoms with Crippen LogP contribution >= 0.6 is 0 Å². The van der Waals surface area contributed by atoms with Gasteiger partial charge in [0.15, 0.2) is 5.76 Å². The van der Waals surface area contributed by atoms with Crippen molar-refractivity contribution < 1.29 is 14.0 Å². The molecule has 2 amide bonds. The first-order valence-corrected chi connectivity index (χ1v) is 5.89. The first-order valence-electron chi connectivity index (χ1n) is 5.89. The van der Waals surface area contributed by atoms with Gasteiger partial charge in [-0.3, -0.25) is 9.59 Å². The van der Waals surface area contributed by atoms with Crippen LogP contribution in [0.1, 0.15) is 36.6 Å². The molecule has 100 valence electrons. The minimum atomic E-state index is -0.341. The zero-order valence-corrected chi connectivity index (χ0v) is 10.7. The van der Waals surface area contributed by atoms with Crippen LogP contribution in [-0.2, 0) is 11.3 Å². The number of carbonyl (C=O) groups excluding carboxylic acids is 2. The minimum absolute atomic E-state index is 0.0904. The molecule has 0 saturated carbocycles. The Morgan fingerprint density at radius 3 is 2.67 bits per heavy atom. The fraction of sp³-hybridized carbons (Fsp3) is 0.500. The molecule has 1 aromatic rings. The Kier molecular flexibility index (Phi) is 5.38. The zero-order valence-electron chi connectivity index (χ0n) is 10.7. The average molecular weight is 253 g/mol. The highest BCUT2D eigenvalue weighted by molar-refractivity contribution is 5.91. The third-order valence-corrected chi connectivity index (χ3v) is 2.17. The van der Waals surface area contributed by atoms with Gasteiger partial charge < -0.3 is 20.8 Å². The lowest BCUT2D eigenvalue weighted by atomic mass is 10.3. The van der Waals surface area contributed by atoms with E-state index in [1.165, 1.54) is 0 Å². The van der Waals surface area contributed by atoms with Crippen molar-refractivity contribution in [1.29, 1.82) is 0 Å². The molecular weight excluding hydrogens is 234 g/mol. The fourth-order valence-corrected chi connectivity index (χ4v) is 1.38. The maximum absolute atomic E-state index is 11.6. The van der Waals surface area contributed by atoms with Crippen LogP contribution in [0.15, 0.2) is 16.5 Å². The maximum Gasteiger partial charge on any atom is 0.287 e. The van der Waals surface area contributed by atoms with Gasteiger partial charge in [0.25, 0.3) is 5.91 Å². The predicted octanol–water partition coefficient (Wildman–Crippen LogP) is 0.383. The number of rotatable bonds is 6. The van der Waals surface area contributed by atoms with Gasteiger partial charge in [0.2, 0.25) is 5.91 Å². The topological polar surface area (TPSA) is 97.4 Å². The molecule has 6 heteroatoms. The van der Waals surface area contributed by atoms with Gasteiger partial charge in [0.05, 0.1) is 6.54 Å². The molecule has 0 radical (unpaired) electrons. The highest BCUT2D eigenvalue weighted by Crippen LogP contribution is 2.06. The van der Waals surface area contributed by atoms with Crippen LogP contribution in [0.5, 0.6) is 0 Å². The number of hydrogen-bond donors (Lipinski definition) is 3. The lowest BCUT2D eigenvalue weighted by Gasteiger charge is -2.08. The number of furan rings is 1. The van der Waals surface area contributed by atoms with Crippen LogP contribution in [0.25, 0.3) is 0 Å². The Morgan fingerprint density at radius 1 is 1.39 bits per heavy atom. The van der Waals surface area contributed by atoms with E-state index >= 15 is 0 Å². The van der Waals surface area contributed by atoms with Crippen LogP contribution in [0.3, 0.4) is 0 Å². The normalized spacial score (nSPS) is 10.4. The van der Waals surface area contributed by atoms with E-state index in [1.807, 2.05) is 13.8 Å². The molecule has 0 aliphatic rings. The number of nitrogens with one attached hydrogen (secondary N) is 2. The van der Waals surface area contributed by atoms with Crippen molar-refractivity contribution in [2.45, 2.75) is 32.9 Å². The highest BCUT2D eigenvalue weighted by Gasteiger charge is 2.11. The van der Waals surface area contributed by atoms with Gasteiger partial charge in [-0.15, -0.1) is 0 Å². The first-order chi connectivity index (χ1) is 8.52. The van der Waals surface area contributed by atoms with Gasteiger partial charge in [0.1, 0.15) is 5.76 Å². The quantitative estimate of drug-likeness (QED) is 0.682. The summed E-state index contributed by atoms with van der Waals surface area (Å²) in [6.07, 6.45) is 0.244. The molecular formula is C12H19N3O3. The van der Waals surface area contributed by atoms with Crippen molar-refractivity contribution in [3.63, 3.8) is 0 Å². The van der Waals surface area contributed by atoms with Crippen molar-refractivity contribution in [3.05, 3.63) is 23.7 Å². The van der Waals surface area contributed by atoms with Crippen molar-refractivity contribution in [1.82, 2.24) is 10.6 Å². The average Bonchev–Trinajstić information content (AvgIpc) is 2.76. The molecule has 1 heterocycles. The molecule has 18 heavy (non-hydrogen) atoms. The summed E-state index contributed by atoms with van der Waals surface area (Å²) in [5.41, 5.74) is 5.37. The predicted molar refractivity (Wildman–Crippen MR) is 66.8 cm³/mol. The van der Waals surface area contributed by atoms with E-state index in [1.54, 1.807) is 12.1 Å². The van der Waals surface area contributed by atoms with Crippen LogP contribution in [0, 0.1) is 0 Å². The van der Waals surface area contributed by atoms with E-state index in [0.717, 1.165) is 0 Å². The number of amides is 2. The Hall–Kier alpha value is -1.82. The Morgan fingerprint density at radius 2 is 2.11 bits per heavy atom. The van der Waals surface area contributed by atoms with Crippen molar-refractivity contribution in [2.24, 2.45) is 5.73 Å². The molecule has 4 N–H and O–H groups in total. The Balaban J connectivity index is 2.31. The maximum atomic E-state index is 11.6. The summed E-state index contributed by atoms with van der Waals surface area (Å²) in [6.45, 7) is 4.29. The summed E-state index contributed by atoms with van der Waals surface area (Å²) < 4.78 is 5.18. The van der Waals surface area contributed by atoms with E-state index in [9.17, 15) is 9.59 Å². The summed E-state index contributed by atoms with van der Waals surface area (Å²) in [5.74, 6) is 0.330. The molecule has 0 aromatic carbocycles. The fourth-order valence-electron chi connectivity index (χ4n) is 1.38. The highest BCUT2D eigenvalue weighted by atomic mass is 16.4. The van der Waals surface area contributed by atoms with E-state index in [0.29, 0.717) is 5.76 Å². The molecule has 0 atom stereocenters. The van der Waals surface area contributed by atoms with Crippen molar-refractivity contribution in [2.75, 3.05) is 6.54 Å². The molecule has 0 saturated heterocycles. The molecule has 1 aromatic heterocycles. The van der Waals surface area contributed by atoms with Crippen LogP contribution < -0.4 is 16.4 Å². The van der Waals surface area contributed by atoms with Crippen LogP contribution in [-0.4, -0.2) is 24.4 Å². The minimum Gasteiger partial charge on any atom is -0.455 e. The third kappa shape index (κ3) is 4.58. The van der Waals surface area contributed by atoms with E-state index in [4.69, 9.17) is 10.2 Å². The monoisotopic (exact) mass is 253 g/mol. The lowest BCUT2D eigenvalue weighted by molar-refractivity contribution is -0.121. The third-order valence-electron chi connectivity index (χ3n) is 2.17. The second kappa shape index (κ2) is 6.80.